The van der Waals surface area contributed by atoms with Crippen molar-refractivity contribution in [1.82, 2.24) is 0 Å². The number of nitrogens with zero attached hydrogens (tertiary/aromatic N) is 1. The van der Waals surface area contributed by atoms with Crippen LogP contribution in [0.2, 0.25) is 0 Å². The molecule has 14 heavy (non-hydrogen) atoms. The van der Waals surface area contributed by atoms with Crippen LogP contribution in [0.25, 0.3) is 6.08 Å². The summed E-state index contributed by atoms with van der Waals surface area (Å²) < 4.78 is 0.888. The Labute approximate surface area is 99.6 Å². The van der Waals surface area contributed by atoms with Crippen LogP contribution < -0.4 is 0 Å². The normalized spacial score (nSPS) is 11.9. The Kier molecular flexibility index (Phi) is 4.48. The fourth-order valence-corrected chi connectivity index (χ4v) is 1.59. The van der Waals surface area contributed by atoms with Crippen molar-refractivity contribution in [3.8, 4) is 0 Å². The lowest BCUT2D eigenvalue weighted by Crippen LogP contribution is -1.87. The molecule has 2 nitrogen and oxygen atoms in total. The predicted octanol–water partition coefficient (Wildman–Crippen LogP) is 4.60. The minimum atomic E-state index is -0.277. The number of halogens is 2. The van der Waals surface area contributed by atoms with E-state index >= 15 is 0 Å². The van der Waals surface area contributed by atoms with Crippen molar-refractivity contribution in [3.63, 3.8) is 0 Å². The zero-order valence-electron chi connectivity index (χ0n) is 7.58. The third-order valence-electron chi connectivity index (χ3n) is 1.85. The van der Waals surface area contributed by atoms with E-state index in [1.807, 2.05) is 30.3 Å². The molecule has 0 bridgehead atoms. The molecule has 0 aliphatic heterocycles. The molecule has 0 N–H and O–H groups in total. The molecule has 0 aliphatic carbocycles. The Balaban J connectivity index is 2.89. The Hall–Kier alpha value is -0.480. The summed E-state index contributed by atoms with van der Waals surface area (Å²) in [4.78, 5) is 10.3. The van der Waals surface area contributed by atoms with Crippen molar-refractivity contribution >= 4 is 37.9 Å². The topological polar surface area (TPSA) is 29.4 Å². The minimum Gasteiger partial charge on any atom is -0.150 e. The number of hydrogen-bond donors (Lipinski definition) is 0. The van der Waals surface area contributed by atoms with Gasteiger partial charge in [-0.3, -0.25) is 0 Å². The van der Waals surface area contributed by atoms with Gasteiger partial charge in [0.15, 0.2) is 0 Å². The van der Waals surface area contributed by atoms with Gasteiger partial charge < -0.3 is 0 Å². The van der Waals surface area contributed by atoms with Crippen molar-refractivity contribution < 1.29 is 0 Å². The summed E-state index contributed by atoms with van der Waals surface area (Å²) in [6.45, 7) is 1.78. The van der Waals surface area contributed by atoms with E-state index < -0.39 is 0 Å². The van der Waals surface area contributed by atoms with Crippen LogP contribution >= 0.6 is 31.9 Å². The lowest BCUT2D eigenvalue weighted by molar-refractivity contribution is 0.811. The van der Waals surface area contributed by atoms with Crippen LogP contribution in [0.4, 0.5) is 0 Å². The second-order valence-electron chi connectivity index (χ2n) is 2.88. The number of hydrogen-bond acceptors (Lipinski definition) is 2. The van der Waals surface area contributed by atoms with Crippen molar-refractivity contribution in [3.05, 3.63) is 43.7 Å². The summed E-state index contributed by atoms with van der Waals surface area (Å²) in [7, 11) is 0. The summed E-state index contributed by atoms with van der Waals surface area (Å²) in [6.07, 6.45) is 1.93. The van der Waals surface area contributed by atoms with Gasteiger partial charge in [-0.2, -0.15) is 4.91 Å². The Morgan fingerprint density at radius 3 is 2.36 bits per heavy atom. The van der Waals surface area contributed by atoms with Crippen LogP contribution in [0.15, 0.2) is 32.8 Å². The highest BCUT2D eigenvalue weighted by molar-refractivity contribution is 9.28. The van der Waals surface area contributed by atoms with Gasteiger partial charge in [0.05, 0.1) is 3.39 Å². The lowest BCUT2D eigenvalue weighted by Gasteiger charge is -2.02. The Bertz CT molecular complexity index is 342. The fourth-order valence-electron chi connectivity index (χ4n) is 1.06. The van der Waals surface area contributed by atoms with Crippen molar-refractivity contribution in [2.24, 2.45) is 5.18 Å². The molecule has 4 heteroatoms. The van der Waals surface area contributed by atoms with Crippen LogP contribution in [0, 0.1) is 4.91 Å². The van der Waals surface area contributed by atoms with Gasteiger partial charge in [0, 0.05) is 0 Å². The summed E-state index contributed by atoms with van der Waals surface area (Å²) in [5, 5.41) is 2.97. The summed E-state index contributed by atoms with van der Waals surface area (Å²) in [5.41, 5.74) is 2.00. The summed E-state index contributed by atoms with van der Waals surface area (Å²) >= 11 is 6.56. The molecular weight excluding hydrogens is 310 g/mol. The average molecular weight is 319 g/mol. The van der Waals surface area contributed by atoms with Gasteiger partial charge in [0.2, 0.25) is 0 Å². The highest BCUT2D eigenvalue weighted by Gasteiger charge is 2.03. The maximum atomic E-state index is 10.3. The van der Waals surface area contributed by atoms with E-state index in [4.69, 9.17) is 0 Å². The van der Waals surface area contributed by atoms with Gasteiger partial charge in [-0.05, 0) is 56.0 Å². The molecule has 0 spiro atoms. The molecule has 0 fully saturated rings. The smallest absolute Gasteiger partial charge is 0.114 e. The van der Waals surface area contributed by atoms with Gasteiger partial charge in [0.25, 0.3) is 0 Å². The molecule has 1 rings (SSSR count). The van der Waals surface area contributed by atoms with Crippen LogP contribution in [0.1, 0.15) is 24.1 Å². The van der Waals surface area contributed by atoms with Crippen LogP contribution in [-0.4, -0.2) is 0 Å². The predicted molar refractivity (Wildman–Crippen MR) is 66.5 cm³/mol. The summed E-state index contributed by atoms with van der Waals surface area (Å²) in [6, 6.07) is 7.42. The van der Waals surface area contributed by atoms with Crippen LogP contribution in [0.5, 0.6) is 0 Å². The monoisotopic (exact) mass is 317 g/mol. The first-order valence-electron chi connectivity index (χ1n) is 4.08. The third kappa shape index (κ3) is 3.35. The second kappa shape index (κ2) is 5.41. The molecule has 74 valence electrons. The summed E-state index contributed by atoms with van der Waals surface area (Å²) in [5.74, 6) is 0. The average Bonchev–Trinajstić information content (AvgIpc) is 2.17. The van der Waals surface area contributed by atoms with Crippen molar-refractivity contribution in [2.45, 2.75) is 13.0 Å². The molecule has 1 aromatic rings. The van der Waals surface area contributed by atoms with E-state index in [9.17, 15) is 4.91 Å². The van der Waals surface area contributed by atoms with E-state index in [2.05, 4.69) is 37.0 Å². The Morgan fingerprint density at radius 1 is 1.36 bits per heavy atom. The number of nitroso groups, excluding NO2 is 1. The zero-order chi connectivity index (χ0) is 10.6. The van der Waals surface area contributed by atoms with Crippen molar-refractivity contribution in [1.29, 1.82) is 0 Å². The molecular formula is C10H9Br2NO. The second-order valence-corrected chi connectivity index (χ2v) is 5.65. The minimum absolute atomic E-state index is 0.277. The first kappa shape index (κ1) is 11.6. The zero-order valence-corrected chi connectivity index (χ0v) is 10.7. The molecule has 0 radical (unpaired) electrons. The molecule has 0 saturated carbocycles. The van der Waals surface area contributed by atoms with E-state index in [1.165, 1.54) is 0 Å². The highest BCUT2D eigenvalue weighted by atomic mass is 79.9. The molecule has 0 heterocycles. The first-order valence-corrected chi connectivity index (χ1v) is 5.67. The molecule has 1 aromatic carbocycles. The van der Waals surface area contributed by atoms with Crippen LogP contribution in [-0.2, 0) is 0 Å². The largest absolute Gasteiger partial charge is 0.150 e. The number of benzene rings is 1. The van der Waals surface area contributed by atoms with E-state index in [1.54, 1.807) is 6.92 Å². The molecule has 1 unspecified atom stereocenters. The third-order valence-corrected chi connectivity index (χ3v) is 2.31. The molecule has 0 aromatic heterocycles. The van der Waals surface area contributed by atoms with E-state index in [0.717, 1.165) is 14.5 Å². The van der Waals surface area contributed by atoms with Gasteiger partial charge >= 0.3 is 0 Å². The Morgan fingerprint density at radius 2 is 1.93 bits per heavy atom. The maximum absolute atomic E-state index is 10.3. The molecule has 0 amide bonds. The molecule has 0 saturated heterocycles. The molecule has 0 aliphatic rings. The molecule has 1 atom stereocenters. The van der Waals surface area contributed by atoms with Gasteiger partial charge in [-0.15, -0.1) is 0 Å². The standard InChI is InChI=1S/C10H9Br2NO/c1-7(13-14)9-4-2-8(3-5-9)6-10(11)12/h2-7H,1H3. The van der Waals surface area contributed by atoms with E-state index in [0.29, 0.717) is 0 Å². The van der Waals surface area contributed by atoms with Gasteiger partial charge in [-0.25, -0.2) is 0 Å². The quantitative estimate of drug-likeness (QED) is 0.749. The van der Waals surface area contributed by atoms with E-state index in [-0.39, 0.29) is 6.04 Å². The first-order chi connectivity index (χ1) is 6.63. The number of rotatable bonds is 3. The van der Waals surface area contributed by atoms with Crippen molar-refractivity contribution in [2.75, 3.05) is 0 Å². The van der Waals surface area contributed by atoms with Gasteiger partial charge in [-0.1, -0.05) is 29.4 Å². The van der Waals surface area contributed by atoms with Crippen LogP contribution in [0.3, 0.4) is 0 Å². The highest BCUT2D eigenvalue weighted by Crippen LogP contribution is 2.21. The lowest BCUT2D eigenvalue weighted by atomic mass is 10.1. The maximum Gasteiger partial charge on any atom is 0.114 e. The fraction of sp³-hybridized carbons (Fsp3) is 0.200. The van der Waals surface area contributed by atoms with Gasteiger partial charge in [0.1, 0.15) is 6.04 Å². The SMILES string of the molecule is CC(N=O)c1ccc(C=C(Br)Br)cc1.